The summed E-state index contributed by atoms with van der Waals surface area (Å²) in [6, 6.07) is 5.78. The molecule has 0 saturated carbocycles. The van der Waals surface area contributed by atoms with Crippen molar-refractivity contribution in [3.63, 3.8) is 0 Å². The number of aliphatic imine (C=N–C) groups is 1. The minimum atomic E-state index is 0.000816. The van der Waals surface area contributed by atoms with Gasteiger partial charge in [-0.2, -0.15) is 0 Å². The van der Waals surface area contributed by atoms with Gasteiger partial charge in [0, 0.05) is 23.2 Å². The molecule has 6 nitrogen and oxygen atoms in total. The fourth-order valence-corrected chi connectivity index (χ4v) is 3.11. The molecular weight excluding hydrogens is 336 g/mol. The fraction of sp³-hybridized carbons (Fsp3) is 0.444. The molecule has 0 aliphatic carbocycles. The maximum atomic E-state index is 5.48. The summed E-state index contributed by atoms with van der Waals surface area (Å²) < 4.78 is 10.8. The SMILES string of the molecule is CCNC(=NCc1ncc(C)s1)NC(C)c1cc(OC)ccc1OC. The summed E-state index contributed by atoms with van der Waals surface area (Å²) in [5.74, 6) is 2.35. The lowest BCUT2D eigenvalue weighted by molar-refractivity contribution is 0.394. The lowest BCUT2D eigenvalue weighted by atomic mass is 10.1. The highest BCUT2D eigenvalue weighted by molar-refractivity contribution is 7.11. The summed E-state index contributed by atoms with van der Waals surface area (Å²) in [5.41, 5.74) is 1.01. The molecule has 2 rings (SSSR count). The molecule has 1 aromatic heterocycles. The number of aromatic nitrogens is 1. The van der Waals surface area contributed by atoms with Crippen LogP contribution in [0.1, 0.15) is 35.3 Å². The van der Waals surface area contributed by atoms with Crippen LogP contribution in [0, 0.1) is 6.92 Å². The number of guanidine groups is 1. The Morgan fingerprint density at radius 1 is 1.32 bits per heavy atom. The van der Waals surface area contributed by atoms with Gasteiger partial charge < -0.3 is 20.1 Å². The Labute approximate surface area is 153 Å². The number of hydrogen-bond donors (Lipinski definition) is 2. The smallest absolute Gasteiger partial charge is 0.192 e. The van der Waals surface area contributed by atoms with Crippen LogP contribution in [-0.2, 0) is 6.54 Å². The third kappa shape index (κ3) is 5.35. The molecule has 136 valence electrons. The predicted molar refractivity (Wildman–Crippen MR) is 103 cm³/mol. The van der Waals surface area contributed by atoms with Crippen LogP contribution in [-0.4, -0.2) is 31.7 Å². The van der Waals surface area contributed by atoms with Crippen LogP contribution in [0.5, 0.6) is 11.5 Å². The highest BCUT2D eigenvalue weighted by Gasteiger charge is 2.14. The summed E-state index contributed by atoms with van der Waals surface area (Å²) in [6.45, 7) is 7.49. The molecule has 1 unspecified atom stereocenters. The molecular formula is C18H26N4O2S. The molecule has 25 heavy (non-hydrogen) atoms. The van der Waals surface area contributed by atoms with Crippen molar-refractivity contribution in [1.82, 2.24) is 15.6 Å². The average molecular weight is 362 g/mol. The maximum absolute atomic E-state index is 5.48. The normalized spacial score (nSPS) is 12.6. The van der Waals surface area contributed by atoms with Crippen LogP contribution >= 0.6 is 11.3 Å². The number of nitrogens with zero attached hydrogens (tertiary/aromatic N) is 2. The number of rotatable bonds is 7. The van der Waals surface area contributed by atoms with Gasteiger partial charge >= 0.3 is 0 Å². The Balaban J connectivity index is 2.15. The second kappa shape index (κ2) is 9.27. The van der Waals surface area contributed by atoms with Gasteiger partial charge in [0.05, 0.1) is 26.8 Å². The van der Waals surface area contributed by atoms with Crippen LogP contribution in [0.25, 0.3) is 0 Å². The molecule has 2 aromatic rings. The van der Waals surface area contributed by atoms with Gasteiger partial charge in [0.2, 0.25) is 0 Å². The number of methoxy groups -OCH3 is 2. The first-order chi connectivity index (χ1) is 12.1. The van der Waals surface area contributed by atoms with Crippen molar-refractivity contribution in [2.24, 2.45) is 4.99 Å². The molecule has 1 atom stereocenters. The van der Waals surface area contributed by atoms with Gasteiger partial charge in [-0.1, -0.05) is 0 Å². The third-order valence-electron chi connectivity index (χ3n) is 3.64. The first-order valence-electron chi connectivity index (χ1n) is 8.25. The van der Waals surface area contributed by atoms with E-state index in [4.69, 9.17) is 9.47 Å². The second-order valence-corrected chi connectivity index (χ2v) is 6.85. The van der Waals surface area contributed by atoms with Gasteiger partial charge in [-0.25, -0.2) is 9.98 Å². The first kappa shape index (κ1) is 19.1. The van der Waals surface area contributed by atoms with Crippen molar-refractivity contribution in [2.75, 3.05) is 20.8 Å². The summed E-state index contributed by atoms with van der Waals surface area (Å²) in [4.78, 5) is 10.2. The summed E-state index contributed by atoms with van der Waals surface area (Å²) >= 11 is 1.66. The van der Waals surface area contributed by atoms with E-state index in [1.807, 2.05) is 38.2 Å². The molecule has 0 aliphatic rings. The van der Waals surface area contributed by atoms with Gasteiger partial charge in [-0.3, -0.25) is 0 Å². The minimum Gasteiger partial charge on any atom is -0.497 e. The van der Waals surface area contributed by atoms with E-state index >= 15 is 0 Å². The zero-order valence-corrected chi connectivity index (χ0v) is 16.2. The van der Waals surface area contributed by atoms with Crippen molar-refractivity contribution < 1.29 is 9.47 Å². The van der Waals surface area contributed by atoms with E-state index in [-0.39, 0.29) is 6.04 Å². The Morgan fingerprint density at radius 3 is 2.72 bits per heavy atom. The number of aryl methyl sites for hydroxylation is 1. The van der Waals surface area contributed by atoms with Crippen molar-refractivity contribution >= 4 is 17.3 Å². The van der Waals surface area contributed by atoms with Gasteiger partial charge in [-0.15, -0.1) is 11.3 Å². The summed E-state index contributed by atoms with van der Waals surface area (Å²) in [5, 5.41) is 7.69. The van der Waals surface area contributed by atoms with Gasteiger partial charge in [-0.05, 0) is 39.0 Å². The number of nitrogens with one attached hydrogen (secondary N) is 2. The summed E-state index contributed by atoms with van der Waals surface area (Å²) in [6.07, 6.45) is 1.87. The van der Waals surface area contributed by atoms with Crippen molar-refractivity contribution in [2.45, 2.75) is 33.4 Å². The molecule has 0 bridgehead atoms. The Bertz CT molecular complexity index is 715. The van der Waals surface area contributed by atoms with E-state index in [9.17, 15) is 0 Å². The molecule has 2 N–H and O–H groups in total. The molecule has 7 heteroatoms. The lowest BCUT2D eigenvalue weighted by Crippen LogP contribution is -2.38. The minimum absolute atomic E-state index is 0.000816. The molecule has 1 aromatic carbocycles. The first-order valence-corrected chi connectivity index (χ1v) is 9.07. The number of thiazole rings is 1. The largest absolute Gasteiger partial charge is 0.497 e. The van der Waals surface area contributed by atoms with Crippen LogP contribution < -0.4 is 20.1 Å². The monoisotopic (exact) mass is 362 g/mol. The van der Waals surface area contributed by atoms with Crippen LogP contribution in [0.2, 0.25) is 0 Å². The molecule has 1 heterocycles. The molecule has 0 aliphatic heterocycles. The van der Waals surface area contributed by atoms with Crippen LogP contribution in [0.3, 0.4) is 0 Å². The van der Waals surface area contributed by atoms with Gasteiger partial charge in [0.25, 0.3) is 0 Å². The van der Waals surface area contributed by atoms with E-state index in [0.29, 0.717) is 6.54 Å². The average Bonchev–Trinajstić information content (AvgIpc) is 3.04. The zero-order valence-electron chi connectivity index (χ0n) is 15.4. The Kier molecular flexibility index (Phi) is 7.06. The molecule has 0 spiro atoms. The van der Waals surface area contributed by atoms with E-state index in [1.165, 1.54) is 4.88 Å². The van der Waals surface area contributed by atoms with E-state index < -0.39 is 0 Å². The third-order valence-corrected chi connectivity index (χ3v) is 4.54. The van der Waals surface area contributed by atoms with E-state index in [2.05, 4.69) is 27.5 Å². The lowest BCUT2D eigenvalue weighted by Gasteiger charge is -2.20. The van der Waals surface area contributed by atoms with E-state index in [1.54, 1.807) is 25.6 Å². The molecule has 0 amide bonds. The zero-order chi connectivity index (χ0) is 18.2. The van der Waals surface area contributed by atoms with Crippen LogP contribution in [0.4, 0.5) is 0 Å². The van der Waals surface area contributed by atoms with E-state index in [0.717, 1.165) is 34.6 Å². The van der Waals surface area contributed by atoms with Crippen LogP contribution in [0.15, 0.2) is 29.4 Å². The predicted octanol–water partition coefficient (Wildman–Crippen LogP) is 3.29. The highest BCUT2D eigenvalue weighted by Crippen LogP contribution is 2.29. The fourth-order valence-electron chi connectivity index (χ4n) is 2.40. The number of hydrogen-bond acceptors (Lipinski definition) is 5. The van der Waals surface area contributed by atoms with Crippen molar-refractivity contribution in [3.05, 3.63) is 39.8 Å². The van der Waals surface area contributed by atoms with Crippen molar-refractivity contribution in [3.8, 4) is 11.5 Å². The quantitative estimate of drug-likeness (QED) is 0.584. The Hall–Kier alpha value is -2.28. The van der Waals surface area contributed by atoms with Crippen molar-refractivity contribution in [1.29, 1.82) is 0 Å². The summed E-state index contributed by atoms with van der Waals surface area (Å²) in [7, 11) is 3.33. The molecule has 0 fully saturated rings. The second-order valence-electron chi connectivity index (χ2n) is 5.53. The highest BCUT2D eigenvalue weighted by atomic mass is 32.1. The van der Waals surface area contributed by atoms with Gasteiger partial charge in [0.1, 0.15) is 16.5 Å². The topological polar surface area (TPSA) is 67.8 Å². The molecule has 0 saturated heterocycles. The Morgan fingerprint density at radius 2 is 2.12 bits per heavy atom. The number of benzene rings is 1. The maximum Gasteiger partial charge on any atom is 0.192 e. The number of ether oxygens (including phenoxy) is 2. The van der Waals surface area contributed by atoms with Gasteiger partial charge in [0.15, 0.2) is 5.96 Å². The standard InChI is InChI=1S/C18H26N4O2S/c1-6-19-18(21-11-17-20-10-12(2)25-17)22-13(3)15-9-14(23-4)7-8-16(15)24-5/h7-10,13H,6,11H2,1-5H3,(H2,19,21,22). The molecule has 0 radical (unpaired) electrons.